The van der Waals surface area contributed by atoms with Crippen molar-refractivity contribution in [2.24, 2.45) is 0 Å². The number of carbonyl (C=O) groups excluding carboxylic acids is 1. The van der Waals surface area contributed by atoms with E-state index in [4.69, 9.17) is 0 Å². The monoisotopic (exact) mass is 419 g/mol. The van der Waals surface area contributed by atoms with E-state index in [0.29, 0.717) is 12.6 Å². The number of amides is 1. The zero-order valence-electron chi connectivity index (χ0n) is 15.2. The van der Waals surface area contributed by atoms with Crippen LogP contribution in [0.5, 0.6) is 0 Å². The molecule has 1 heterocycles. The van der Waals surface area contributed by atoms with E-state index in [1.807, 2.05) is 23.7 Å². The lowest BCUT2D eigenvalue weighted by Gasteiger charge is -2.10. The van der Waals surface area contributed by atoms with Crippen molar-refractivity contribution in [3.05, 3.63) is 42.1 Å². The van der Waals surface area contributed by atoms with Gasteiger partial charge in [0, 0.05) is 18.8 Å². The first kappa shape index (κ1) is 21.9. The van der Waals surface area contributed by atoms with Crippen LogP contribution < -0.4 is 10.0 Å². The molecule has 0 atom stereocenters. The number of carbonyl (C=O) groups is 1. The second-order valence-electron chi connectivity index (χ2n) is 6.17. The van der Waals surface area contributed by atoms with E-state index in [0.717, 1.165) is 24.7 Å². The van der Waals surface area contributed by atoms with Gasteiger partial charge in [0.05, 0.1) is 23.5 Å². The molecule has 2 aromatic rings. The molecule has 0 aliphatic heterocycles. The highest BCUT2D eigenvalue weighted by atomic mass is 32.2. The van der Waals surface area contributed by atoms with Gasteiger partial charge in [-0.05, 0) is 32.3 Å². The molecule has 1 amide bonds. The predicted octanol–water partition coefficient (Wildman–Crippen LogP) is 1.38. The summed E-state index contributed by atoms with van der Waals surface area (Å²) in [7, 11) is -0.474. The van der Waals surface area contributed by atoms with Crippen LogP contribution in [0.25, 0.3) is 0 Å². The van der Waals surface area contributed by atoms with E-state index in [9.17, 15) is 26.4 Å². The molecule has 0 unspecified atom stereocenters. The number of benzene rings is 1. The fourth-order valence-corrected chi connectivity index (χ4v) is 3.15. The zero-order valence-corrected chi connectivity index (χ0v) is 16.0. The van der Waals surface area contributed by atoms with Crippen molar-refractivity contribution in [1.82, 2.24) is 19.4 Å². The largest absolute Gasteiger partial charge is 0.416 e. The maximum Gasteiger partial charge on any atom is 0.416 e. The van der Waals surface area contributed by atoms with Crippen LogP contribution in [-0.2, 0) is 27.5 Å². The van der Waals surface area contributed by atoms with Gasteiger partial charge in [0.1, 0.15) is 0 Å². The maximum atomic E-state index is 12.7. The fraction of sp³-hybridized carbons (Fsp3) is 0.375. The zero-order chi connectivity index (χ0) is 20.9. The Morgan fingerprint density at radius 2 is 1.96 bits per heavy atom. The lowest BCUT2D eigenvalue weighted by atomic mass is 10.2. The highest BCUT2D eigenvalue weighted by Crippen LogP contribution is 2.30. The summed E-state index contributed by atoms with van der Waals surface area (Å²) in [4.78, 5) is 13.3. The van der Waals surface area contributed by atoms with E-state index >= 15 is 0 Å². The second-order valence-corrected chi connectivity index (χ2v) is 7.93. The SMILES string of the molecule is CN(C)CCn1ccc(NC(=O)CNS(=O)(=O)c2cccc(C(F)(F)F)c2)n1. The van der Waals surface area contributed by atoms with Crippen molar-refractivity contribution in [2.75, 3.05) is 32.5 Å². The number of nitrogens with zero attached hydrogens (tertiary/aromatic N) is 3. The molecule has 0 bridgehead atoms. The Morgan fingerprint density at radius 1 is 1.25 bits per heavy atom. The fourth-order valence-electron chi connectivity index (χ4n) is 2.13. The average Bonchev–Trinajstić information content (AvgIpc) is 3.05. The van der Waals surface area contributed by atoms with Crippen molar-refractivity contribution < 1.29 is 26.4 Å². The molecule has 1 aromatic heterocycles. The minimum absolute atomic E-state index is 0.238. The minimum atomic E-state index is -4.67. The van der Waals surface area contributed by atoms with Crippen molar-refractivity contribution in [3.63, 3.8) is 0 Å². The van der Waals surface area contributed by atoms with Crippen LogP contribution in [-0.4, -0.2) is 56.2 Å². The van der Waals surface area contributed by atoms with Crippen molar-refractivity contribution in [2.45, 2.75) is 17.6 Å². The molecule has 2 rings (SSSR count). The first-order chi connectivity index (χ1) is 13.0. The Bertz CT molecular complexity index is 926. The summed E-state index contributed by atoms with van der Waals surface area (Å²) in [6.07, 6.45) is -3.01. The summed E-state index contributed by atoms with van der Waals surface area (Å²) in [6.45, 7) is 0.694. The van der Waals surface area contributed by atoms with E-state index in [1.54, 1.807) is 16.9 Å². The highest BCUT2D eigenvalue weighted by Gasteiger charge is 2.31. The van der Waals surface area contributed by atoms with Crippen molar-refractivity contribution >= 4 is 21.7 Å². The summed E-state index contributed by atoms with van der Waals surface area (Å²) in [5, 5.41) is 6.54. The van der Waals surface area contributed by atoms with Gasteiger partial charge in [-0.3, -0.25) is 9.48 Å². The maximum absolute atomic E-state index is 12.7. The third-order valence-corrected chi connectivity index (χ3v) is 4.98. The number of nitrogens with one attached hydrogen (secondary N) is 2. The molecule has 0 fully saturated rings. The smallest absolute Gasteiger partial charge is 0.308 e. The molecule has 0 spiro atoms. The van der Waals surface area contributed by atoms with Crippen LogP contribution >= 0.6 is 0 Å². The highest BCUT2D eigenvalue weighted by molar-refractivity contribution is 7.89. The van der Waals surface area contributed by atoms with Crippen molar-refractivity contribution in [3.8, 4) is 0 Å². The van der Waals surface area contributed by atoms with Crippen LogP contribution in [0.15, 0.2) is 41.4 Å². The van der Waals surface area contributed by atoms with Gasteiger partial charge >= 0.3 is 6.18 Å². The first-order valence-electron chi connectivity index (χ1n) is 8.12. The molecule has 0 saturated heterocycles. The molecule has 0 saturated carbocycles. The third-order valence-electron chi connectivity index (χ3n) is 3.58. The van der Waals surface area contributed by atoms with E-state index < -0.39 is 39.1 Å². The Morgan fingerprint density at radius 3 is 2.61 bits per heavy atom. The van der Waals surface area contributed by atoms with Gasteiger partial charge in [-0.2, -0.15) is 18.3 Å². The molecule has 0 radical (unpaired) electrons. The minimum Gasteiger partial charge on any atom is -0.308 e. The van der Waals surface area contributed by atoms with Crippen LogP contribution in [0.1, 0.15) is 5.56 Å². The summed E-state index contributed by atoms with van der Waals surface area (Å²) < 4.78 is 66.0. The van der Waals surface area contributed by atoms with E-state index in [2.05, 4.69) is 10.4 Å². The van der Waals surface area contributed by atoms with Gasteiger partial charge in [-0.15, -0.1) is 0 Å². The number of hydrogen-bond acceptors (Lipinski definition) is 5. The number of rotatable bonds is 8. The lowest BCUT2D eigenvalue weighted by molar-refractivity contribution is -0.137. The van der Waals surface area contributed by atoms with E-state index in [-0.39, 0.29) is 5.82 Å². The third kappa shape index (κ3) is 6.32. The number of halogens is 3. The molecule has 0 aliphatic rings. The number of aromatic nitrogens is 2. The van der Waals surface area contributed by atoms with Crippen LogP contribution in [0.3, 0.4) is 0 Å². The summed E-state index contributed by atoms with van der Waals surface area (Å²) in [6, 6.07) is 4.82. The Labute approximate surface area is 160 Å². The molecular weight excluding hydrogens is 399 g/mol. The molecule has 28 heavy (non-hydrogen) atoms. The van der Waals surface area contributed by atoms with E-state index in [1.165, 1.54) is 0 Å². The quantitative estimate of drug-likeness (QED) is 0.674. The normalized spacial score (nSPS) is 12.4. The number of likely N-dealkylation sites (N-methyl/N-ethyl adjacent to an activating group) is 1. The van der Waals surface area contributed by atoms with Crippen molar-refractivity contribution in [1.29, 1.82) is 0 Å². The molecule has 1 aromatic carbocycles. The predicted molar refractivity (Wildman–Crippen MR) is 96.0 cm³/mol. The number of hydrogen-bond donors (Lipinski definition) is 2. The van der Waals surface area contributed by atoms with Gasteiger partial charge < -0.3 is 10.2 Å². The Kier molecular flexibility index (Phi) is 6.80. The number of sulfonamides is 1. The molecule has 0 aliphatic carbocycles. The standard InChI is InChI=1S/C16H20F3N5O3S/c1-23(2)8-9-24-7-6-14(22-24)21-15(25)11-20-28(26,27)13-5-3-4-12(10-13)16(17,18)19/h3-7,10,20H,8-9,11H2,1-2H3,(H,21,22,25). The van der Waals surface area contributed by atoms with Gasteiger partial charge in [0.15, 0.2) is 5.82 Å². The van der Waals surface area contributed by atoms with Gasteiger partial charge in [-0.1, -0.05) is 6.07 Å². The molecule has 8 nitrogen and oxygen atoms in total. The first-order valence-corrected chi connectivity index (χ1v) is 9.60. The number of alkyl halides is 3. The lowest BCUT2D eigenvalue weighted by Crippen LogP contribution is -2.33. The van der Waals surface area contributed by atoms with Crippen LogP contribution in [0.4, 0.5) is 19.0 Å². The molecule has 12 heteroatoms. The summed E-state index contributed by atoms with van der Waals surface area (Å²) in [5.41, 5.74) is -1.09. The molecule has 154 valence electrons. The average molecular weight is 419 g/mol. The topological polar surface area (TPSA) is 96.3 Å². The molecule has 2 N–H and O–H groups in total. The Hall–Kier alpha value is -2.44. The van der Waals surface area contributed by atoms with Crippen LogP contribution in [0.2, 0.25) is 0 Å². The Balaban J connectivity index is 1.95. The van der Waals surface area contributed by atoms with Gasteiger partial charge in [-0.25, -0.2) is 13.1 Å². The summed E-state index contributed by atoms with van der Waals surface area (Å²) >= 11 is 0. The van der Waals surface area contributed by atoms with Gasteiger partial charge in [0.2, 0.25) is 15.9 Å². The van der Waals surface area contributed by atoms with Gasteiger partial charge in [0.25, 0.3) is 0 Å². The van der Waals surface area contributed by atoms with Crippen LogP contribution in [0, 0.1) is 0 Å². The number of anilines is 1. The second kappa shape index (κ2) is 8.71. The summed E-state index contributed by atoms with van der Waals surface area (Å²) in [5.74, 6) is -0.463. The molecular formula is C16H20F3N5O3S.